The molecule has 2 N–H and O–H groups in total. The Kier molecular flexibility index (Phi) is 4.41. The third-order valence-electron chi connectivity index (χ3n) is 4.09. The van der Waals surface area contributed by atoms with Crippen LogP contribution < -0.4 is 5.73 Å². The molecule has 2 atom stereocenters. The number of rotatable bonds is 4. The molecule has 2 rings (SSSR count). The summed E-state index contributed by atoms with van der Waals surface area (Å²) in [5, 5.41) is 0. The Morgan fingerprint density at radius 1 is 1.33 bits per heavy atom. The predicted octanol–water partition coefficient (Wildman–Crippen LogP) is 3.42. The van der Waals surface area contributed by atoms with Gasteiger partial charge in [0.05, 0.1) is 12.2 Å². The maximum Gasteiger partial charge on any atom is 0.0811 e. The molecule has 1 saturated carbocycles. The van der Waals surface area contributed by atoms with Crippen LogP contribution in [0.4, 0.5) is 0 Å². The van der Waals surface area contributed by atoms with Gasteiger partial charge in [0.15, 0.2) is 0 Å². The lowest BCUT2D eigenvalue weighted by atomic mass is 9.79. The third-order valence-corrected chi connectivity index (χ3v) is 4.09. The zero-order valence-corrected chi connectivity index (χ0v) is 11.6. The molecule has 1 fully saturated rings. The molecular formula is C16H25NO. The van der Waals surface area contributed by atoms with Crippen molar-refractivity contribution in [3.05, 3.63) is 35.4 Å². The Bertz CT molecular complexity index is 373. The molecule has 2 nitrogen and oxygen atoms in total. The minimum absolute atomic E-state index is 0.0808. The zero-order chi connectivity index (χ0) is 13.0. The molecule has 0 aliphatic heterocycles. The molecule has 18 heavy (non-hydrogen) atoms. The molecule has 2 heteroatoms. The summed E-state index contributed by atoms with van der Waals surface area (Å²) in [6, 6.07) is 8.56. The first-order valence-corrected chi connectivity index (χ1v) is 7.03. The summed E-state index contributed by atoms with van der Waals surface area (Å²) < 4.78 is 6.19. The minimum atomic E-state index is -0.0808. The van der Waals surface area contributed by atoms with Crippen LogP contribution in [0.2, 0.25) is 0 Å². The Labute approximate surface area is 111 Å². The molecule has 0 amide bonds. The van der Waals surface area contributed by atoms with Gasteiger partial charge in [-0.1, -0.05) is 49.6 Å². The second-order valence-corrected chi connectivity index (χ2v) is 5.86. The average Bonchev–Trinajstić information content (AvgIpc) is 2.38. The fourth-order valence-corrected chi connectivity index (χ4v) is 2.91. The van der Waals surface area contributed by atoms with Crippen LogP contribution in [0.15, 0.2) is 24.3 Å². The van der Waals surface area contributed by atoms with Crippen molar-refractivity contribution in [3.63, 3.8) is 0 Å². The van der Waals surface area contributed by atoms with E-state index >= 15 is 0 Å². The normalized spacial score (nSPS) is 28.3. The fraction of sp³-hybridized carbons (Fsp3) is 0.625. The summed E-state index contributed by atoms with van der Waals surface area (Å²) >= 11 is 0. The zero-order valence-electron chi connectivity index (χ0n) is 11.6. The largest absolute Gasteiger partial charge is 0.369 e. The van der Waals surface area contributed by atoms with Crippen molar-refractivity contribution in [2.45, 2.75) is 51.7 Å². The van der Waals surface area contributed by atoms with Crippen molar-refractivity contribution in [2.75, 3.05) is 6.54 Å². The molecule has 1 aliphatic carbocycles. The van der Waals surface area contributed by atoms with E-state index in [2.05, 4.69) is 38.1 Å². The van der Waals surface area contributed by atoms with Gasteiger partial charge in [0.2, 0.25) is 0 Å². The highest BCUT2D eigenvalue weighted by Crippen LogP contribution is 2.35. The Morgan fingerprint density at radius 2 is 2.06 bits per heavy atom. The number of benzene rings is 1. The Morgan fingerprint density at radius 3 is 2.67 bits per heavy atom. The van der Waals surface area contributed by atoms with E-state index in [-0.39, 0.29) is 5.60 Å². The van der Waals surface area contributed by atoms with E-state index in [1.54, 1.807) is 0 Å². The summed E-state index contributed by atoms with van der Waals surface area (Å²) in [7, 11) is 0. The summed E-state index contributed by atoms with van der Waals surface area (Å²) in [6.45, 7) is 5.74. The van der Waals surface area contributed by atoms with Gasteiger partial charge in [-0.25, -0.2) is 0 Å². The topological polar surface area (TPSA) is 35.2 Å². The van der Waals surface area contributed by atoms with Crippen LogP contribution in [0.5, 0.6) is 0 Å². The molecule has 1 aromatic rings. The Balaban J connectivity index is 1.96. The van der Waals surface area contributed by atoms with Crippen LogP contribution in [0.25, 0.3) is 0 Å². The van der Waals surface area contributed by atoms with Crippen LogP contribution in [-0.4, -0.2) is 12.1 Å². The van der Waals surface area contributed by atoms with E-state index in [0.29, 0.717) is 13.2 Å². The van der Waals surface area contributed by atoms with E-state index in [1.807, 2.05) is 0 Å². The van der Waals surface area contributed by atoms with Gasteiger partial charge in [-0.3, -0.25) is 0 Å². The van der Waals surface area contributed by atoms with Crippen molar-refractivity contribution in [2.24, 2.45) is 11.7 Å². The lowest BCUT2D eigenvalue weighted by Crippen LogP contribution is -2.44. The minimum Gasteiger partial charge on any atom is -0.369 e. The van der Waals surface area contributed by atoms with Gasteiger partial charge in [0, 0.05) is 6.54 Å². The predicted molar refractivity (Wildman–Crippen MR) is 75.4 cm³/mol. The third kappa shape index (κ3) is 3.33. The molecule has 0 aromatic heterocycles. The monoisotopic (exact) mass is 247 g/mol. The Hall–Kier alpha value is -0.860. The summed E-state index contributed by atoms with van der Waals surface area (Å²) in [5.74, 6) is 0.736. The smallest absolute Gasteiger partial charge is 0.0811 e. The maximum absolute atomic E-state index is 6.19. The van der Waals surface area contributed by atoms with E-state index in [1.165, 1.54) is 24.0 Å². The van der Waals surface area contributed by atoms with Gasteiger partial charge in [-0.15, -0.1) is 0 Å². The number of aryl methyl sites for hydroxylation is 1. The van der Waals surface area contributed by atoms with Crippen molar-refractivity contribution >= 4 is 0 Å². The van der Waals surface area contributed by atoms with Gasteiger partial charge in [0.25, 0.3) is 0 Å². The number of hydrogen-bond donors (Lipinski definition) is 1. The molecule has 100 valence electrons. The van der Waals surface area contributed by atoms with Gasteiger partial charge in [-0.2, -0.15) is 0 Å². The van der Waals surface area contributed by atoms with Crippen LogP contribution in [-0.2, 0) is 11.3 Å². The van der Waals surface area contributed by atoms with Gasteiger partial charge in [-0.05, 0) is 31.2 Å². The first-order valence-electron chi connectivity index (χ1n) is 7.03. The molecule has 0 saturated heterocycles. The number of ether oxygens (including phenoxy) is 1. The lowest BCUT2D eigenvalue weighted by molar-refractivity contribution is -0.0840. The maximum atomic E-state index is 6.19. The van der Waals surface area contributed by atoms with Crippen molar-refractivity contribution < 1.29 is 4.74 Å². The van der Waals surface area contributed by atoms with Gasteiger partial charge < -0.3 is 10.5 Å². The molecule has 1 aromatic carbocycles. The molecule has 1 aliphatic rings. The molecule has 0 bridgehead atoms. The van der Waals surface area contributed by atoms with Crippen molar-refractivity contribution in [3.8, 4) is 0 Å². The molecule has 0 heterocycles. The highest BCUT2D eigenvalue weighted by molar-refractivity contribution is 5.20. The van der Waals surface area contributed by atoms with Crippen LogP contribution >= 0.6 is 0 Å². The van der Waals surface area contributed by atoms with Crippen molar-refractivity contribution in [1.82, 2.24) is 0 Å². The van der Waals surface area contributed by atoms with Crippen LogP contribution in [0.1, 0.15) is 43.7 Å². The van der Waals surface area contributed by atoms with E-state index in [0.717, 1.165) is 18.8 Å². The highest BCUT2D eigenvalue weighted by atomic mass is 16.5. The summed E-state index contributed by atoms with van der Waals surface area (Å²) in [5.41, 5.74) is 8.42. The first kappa shape index (κ1) is 13.6. The second kappa shape index (κ2) is 5.85. The first-order chi connectivity index (χ1) is 8.63. The highest BCUT2D eigenvalue weighted by Gasteiger charge is 2.34. The fourth-order valence-electron chi connectivity index (χ4n) is 2.91. The van der Waals surface area contributed by atoms with E-state index < -0.39 is 0 Å². The SMILES string of the molecule is Cc1ccc(COC2(CN)CCCC(C)C2)cc1. The van der Waals surface area contributed by atoms with Crippen LogP contribution in [0.3, 0.4) is 0 Å². The molecule has 0 radical (unpaired) electrons. The standard InChI is InChI=1S/C16H25NO/c1-13-5-7-15(8-6-13)11-18-16(12-17)9-3-4-14(2)10-16/h5-8,14H,3-4,9-12,17H2,1-2H3. The van der Waals surface area contributed by atoms with Gasteiger partial charge in [0.1, 0.15) is 0 Å². The number of nitrogens with two attached hydrogens (primary N) is 1. The molecule has 2 unspecified atom stereocenters. The summed E-state index contributed by atoms with van der Waals surface area (Å²) in [4.78, 5) is 0. The quantitative estimate of drug-likeness (QED) is 0.885. The van der Waals surface area contributed by atoms with E-state index in [4.69, 9.17) is 10.5 Å². The van der Waals surface area contributed by atoms with Crippen LogP contribution in [0, 0.1) is 12.8 Å². The molecule has 0 spiro atoms. The van der Waals surface area contributed by atoms with Gasteiger partial charge >= 0.3 is 0 Å². The molecular weight excluding hydrogens is 222 g/mol. The lowest BCUT2D eigenvalue weighted by Gasteiger charge is -2.39. The number of hydrogen-bond acceptors (Lipinski definition) is 2. The second-order valence-electron chi connectivity index (χ2n) is 5.86. The summed E-state index contributed by atoms with van der Waals surface area (Å²) in [6.07, 6.45) is 4.77. The average molecular weight is 247 g/mol. The van der Waals surface area contributed by atoms with Crippen molar-refractivity contribution in [1.29, 1.82) is 0 Å². The van der Waals surface area contributed by atoms with E-state index in [9.17, 15) is 0 Å².